The molecule has 2 amide bonds. The molecule has 1 saturated heterocycles. The summed E-state index contributed by atoms with van der Waals surface area (Å²) < 4.78 is 22.0. The van der Waals surface area contributed by atoms with E-state index in [0.717, 1.165) is 18.8 Å². The third-order valence-electron chi connectivity index (χ3n) is 4.44. The van der Waals surface area contributed by atoms with Gasteiger partial charge < -0.3 is 34.2 Å². The van der Waals surface area contributed by atoms with Crippen LogP contribution in [0.3, 0.4) is 0 Å². The molecule has 1 aliphatic heterocycles. The lowest BCUT2D eigenvalue weighted by molar-refractivity contribution is -0.115. The molecule has 1 aromatic heterocycles. The van der Waals surface area contributed by atoms with Crippen LogP contribution in [0.2, 0.25) is 0 Å². The number of anilines is 2. The Morgan fingerprint density at radius 2 is 1.83 bits per heavy atom. The summed E-state index contributed by atoms with van der Waals surface area (Å²) in [5.74, 6) is 0.479. The predicted molar refractivity (Wildman–Crippen MR) is 111 cm³/mol. The highest BCUT2D eigenvalue weighted by Crippen LogP contribution is 2.39. The van der Waals surface area contributed by atoms with Crippen molar-refractivity contribution < 1.29 is 28.2 Å². The second kappa shape index (κ2) is 10.5. The Bertz CT molecular complexity index is 847. The highest BCUT2D eigenvalue weighted by Gasteiger charge is 2.20. The van der Waals surface area contributed by atoms with Crippen LogP contribution in [-0.4, -0.2) is 57.9 Å². The highest BCUT2D eigenvalue weighted by molar-refractivity contribution is 5.99. The lowest BCUT2D eigenvalue weighted by atomic mass is 10.2. The fourth-order valence-corrected chi connectivity index (χ4v) is 3.09. The minimum Gasteiger partial charge on any atom is -0.492 e. The van der Waals surface area contributed by atoms with Crippen LogP contribution in [0.15, 0.2) is 34.9 Å². The van der Waals surface area contributed by atoms with Gasteiger partial charge in [-0.05, 0) is 26.0 Å². The minimum atomic E-state index is -0.460. The van der Waals surface area contributed by atoms with Gasteiger partial charge in [-0.15, -0.1) is 0 Å². The van der Waals surface area contributed by atoms with E-state index in [2.05, 4.69) is 15.5 Å². The van der Waals surface area contributed by atoms with E-state index in [1.54, 1.807) is 12.1 Å². The van der Waals surface area contributed by atoms with Gasteiger partial charge in [-0.1, -0.05) is 0 Å². The number of amides is 2. The van der Waals surface area contributed by atoms with E-state index in [0.29, 0.717) is 43.6 Å². The van der Waals surface area contributed by atoms with E-state index >= 15 is 0 Å². The summed E-state index contributed by atoms with van der Waals surface area (Å²) in [5.41, 5.74) is 1.38. The molecular weight excluding hydrogens is 390 g/mol. The molecule has 0 radical (unpaired) electrons. The van der Waals surface area contributed by atoms with Gasteiger partial charge >= 0.3 is 0 Å². The standard InChI is InChI=1S/C21H27N3O6/c1-3-28-18-13-16(24-7-10-27-11-8-24)19(29-4-2)12-15(18)23-20(25)14-22-21(26)17-6-5-9-30-17/h5-6,9,12-13H,3-4,7-8,10-11,14H2,1-2H3,(H,22,26)(H,23,25). The number of ether oxygens (including phenoxy) is 3. The molecule has 0 aliphatic carbocycles. The average molecular weight is 417 g/mol. The van der Waals surface area contributed by atoms with Gasteiger partial charge in [-0.25, -0.2) is 0 Å². The molecule has 3 rings (SSSR count). The van der Waals surface area contributed by atoms with E-state index in [9.17, 15) is 9.59 Å². The fourth-order valence-electron chi connectivity index (χ4n) is 3.09. The van der Waals surface area contributed by atoms with Crippen LogP contribution in [0.1, 0.15) is 24.4 Å². The number of carbonyl (C=O) groups is 2. The van der Waals surface area contributed by atoms with Crippen molar-refractivity contribution in [2.24, 2.45) is 0 Å². The smallest absolute Gasteiger partial charge is 0.287 e. The summed E-state index contributed by atoms with van der Waals surface area (Å²) in [7, 11) is 0. The first kappa shape index (κ1) is 21.5. The molecule has 30 heavy (non-hydrogen) atoms. The number of carbonyl (C=O) groups excluding carboxylic acids is 2. The number of hydrogen-bond acceptors (Lipinski definition) is 7. The Labute approximate surface area is 175 Å². The van der Waals surface area contributed by atoms with Gasteiger partial charge in [0.2, 0.25) is 5.91 Å². The Morgan fingerprint density at radius 1 is 1.10 bits per heavy atom. The quantitative estimate of drug-likeness (QED) is 0.645. The van der Waals surface area contributed by atoms with Crippen LogP contribution in [0.25, 0.3) is 0 Å². The van der Waals surface area contributed by atoms with Crippen LogP contribution in [0, 0.1) is 0 Å². The number of nitrogens with zero attached hydrogens (tertiary/aromatic N) is 1. The van der Waals surface area contributed by atoms with Crippen molar-refractivity contribution in [2.75, 3.05) is 56.3 Å². The van der Waals surface area contributed by atoms with Crippen molar-refractivity contribution in [1.29, 1.82) is 0 Å². The first-order valence-electron chi connectivity index (χ1n) is 10.00. The topological polar surface area (TPSA) is 102 Å². The van der Waals surface area contributed by atoms with Crippen LogP contribution in [0.5, 0.6) is 11.5 Å². The largest absolute Gasteiger partial charge is 0.492 e. The summed E-state index contributed by atoms with van der Waals surface area (Å²) in [4.78, 5) is 26.5. The first-order valence-corrected chi connectivity index (χ1v) is 10.00. The SMILES string of the molecule is CCOc1cc(N2CCOCC2)c(OCC)cc1NC(=O)CNC(=O)c1ccco1. The molecule has 2 heterocycles. The van der Waals surface area contributed by atoms with Crippen molar-refractivity contribution in [3.05, 3.63) is 36.3 Å². The summed E-state index contributed by atoms with van der Waals surface area (Å²) in [6, 6.07) is 6.76. The number of furan rings is 1. The zero-order valence-corrected chi connectivity index (χ0v) is 17.2. The maximum absolute atomic E-state index is 12.4. The van der Waals surface area contributed by atoms with Gasteiger partial charge in [0.25, 0.3) is 5.91 Å². The maximum Gasteiger partial charge on any atom is 0.287 e. The van der Waals surface area contributed by atoms with Gasteiger partial charge in [0, 0.05) is 25.2 Å². The summed E-state index contributed by atoms with van der Waals surface area (Å²) in [6.45, 7) is 7.27. The van der Waals surface area contributed by atoms with Gasteiger partial charge in [0.1, 0.15) is 11.5 Å². The molecule has 0 spiro atoms. The summed E-state index contributed by atoms with van der Waals surface area (Å²) >= 11 is 0. The minimum absolute atomic E-state index is 0.145. The number of benzene rings is 1. The first-order chi connectivity index (χ1) is 14.6. The Hall–Kier alpha value is -3.20. The van der Waals surface area contributed by atoms with Crippen molar-refractivity contribution in [3.63, 3.8) is 0 Å². The molecule has 2 N–H and O–H groups in total. The molecular formula is C21H27N3O6. The van der Waals surface area contributed by atoms with E-state index in [1.165, 1.54) is 12.3 Å². The monoisotopic (exact) mass is 417 g/mol. The Kier molecular flexibility index (Phi) is 7.56. The van der Waals surface area contributed by atoms with Crippen molar-refractivity contribution in [3.8, 4) is 11.5 Å². The summed E-state index contributed by atoms with van der Waals surface area (Å²) in [6.07, 6.45) is 1.40. The lowest BCUT2D eigenvalue weighted by Crippen LogP contribution is -2.36. The molecule has 1 aromatic carbocycles. The number of morpholine rings is 1. The fraction of sp³-hybridized carbons (Fsp3) is 0.429. The molecule has 0 bridgehead atoms. The predicted octanol–water partition coefficient (Wildman–Crippen LogP) is 2.28. The molecule has 0 saturated carbocycles. The van der Waals surface area contributed by atoms with Crippen molar-refractivity contribution >= 4 is 23.2 Å². The molecule has 0 atom stereocenters. The third-order valence-corrected chi connectivity index (χ3v) is 4.44. The van der Waals surface area contributed by atoms with Crippen LogP contribution in [0.4, 0.5) is 11.4 Å². The molecule has 0 unspecified atom stereocenters. The van der Waals surface area contributed by atoms with Crippen LogP contribution < -0.4 is 25.0 Å². The molecule has 162 valence electrons. The van der Waals surface area contributed by atoms with E-state index in [4.69, 9.17) is 18.6 Å². The van der Waals surface area contributed by atoms with Crippen molar-refractivity contribution in [2.45, 2.75) is 13.8 Å². The number of hydrogen-bond donors (Lipinski definition) is 2. The van der Waals surface area contributed by atoms with Gasteiger partial charge in [-0.2, -0.15) is 0 Å². The number of rotatable bonds is 9. The van der Waals surface area contributed by atoms with E-state index in [1.807, 2.05) is 19.9 Å². The van der Waals surface area contributed by atoms with Crippen molar-refractivity contribution in [1.82, 2.24) is 5.32 Å². The molecule has 1 aliphatic rings. The van der Waals surface area contributed by atoms with Gasteiger partial charge in [0.15, 0.2) is 5.76 Å². The van der Waals surface area contributed by atoms with E-state index in [-0.39, 0.29) is 12.3 Å². The molecule has 9 nitrogen and oxygen atoms in total. The number of nitrogens with one attached hydrogen (secondary N) is 2. The van der Waals surface area contributed by atoms with Crippen LogP contribution in [-0.2, 0) is 9.53 Å². The molecule has 9 heteroatoms. The lowest BCUT2D eigenvalue weighted by Gasteiger charge is -2.31. The van der Waals surface area contributed by atoms with Gasteiger partial charge in [-0.3, -0.25) is 9.59 Å². The average Bonchev–Trinajstić information content (AvgIpc) is 3.30. The molecule has 2 aromatic rings. The van der Waals surface area contributed by atoms with Crippen LogP contribution >= 0.6 is 0 Å². The molecule has 1 fully saturated rings. The summed E-state index contributed by atoms with van der Waals surface area (Å²) in [5, 5.41) is 5.31. The normalized spacial score (nSPS) is 13.6. The second-order valence-electron chi connectivity index (χ2n) is 6.49. The highest BCUT2D eigenvalue weighted by atomic mass is 16.5. The Morgan fingerprint density at radius 3 is 2.50 bits per heavy atom. The maximum atomic E-state index is 12.4. The third kappa shape index (κ3) is 5.44. The zero-order chi connectivity index (χ0) is 21.3. The second-order valence-corrected chi connectivity index (χ2v) is 6.49. The zero-order valence-electron chi connectivity index (χ0n) is 17.2. The van der Waals surface area contributed by atoms with E-state index < -0.39 is 11.8 Å². The van der Waals surface area contributed by atoms with Gasteiger partial charge in [0.05, 0.1) is 50.6 Å². The Balaban J connectivity index is 1.75.